The molecule has 0 fully saturated rings. The van der Waals surface area contributed by atoms with E-state index in [1.165, 1.54) is 9.80 Å². The molecule has 0 aliphatic rings. The van der Waals surface area contributed by atoms with Gasteiger partial charge in [0.2, 0.25) is 0 Å². The van der Waals surface area contributed by atoms with E-state index < -0.39 is 28.8 Å². The van der Waals surface area contributed by atoms with Crippen LogP contribution in [-0.4, -0.2) is 84.1 Å². The smallest absolute Gasteiger partial charge is 0.410 e. The van der Waals surface area contributed by atoms with Crippen LogP contribution in [0.5, 0.6) is 0 Å². The molecule has 0 rings (SSSR count). The second-order valence-corrected chi connectivity index (χ2v) is 7.92. The average Bonchev–Trinajstić information content (AvgIpc) is 2.44. The summed E-state index contributed by atoms with van der Waals surface area (Å²) in [4.78, 5) is 35.4. The Balaban J connectivity index is -0.000000441. The van der Waals surface area contributed by atoms with Crippen LogP contribution in [0, 0.1) is 0 Å². The lowest BCUT2D eigenvalue weighted by Crippen LogP contribution is -2.36. The Bertz CT molecular complexity index is 474. The van der Waals surface area contributed by atoms with Gasteiger partial charge in [0.1, 0.15) is 17.8 Å². The van der Waals surface area contributed by atoms with Crippen molar-refractivity contribution in [3.8, 4) is 0 Å². The molecular formula is C18H37ClN2O7. The van der Waals surface area contributed by atoms with E-state index in [9.17, 15) is 14.4 Å². The van der Waals surface area contributed by atoms with Crippen molar-refractivity contribution < 1.29 is 33.7 Å². The van der Waals surface area contributed by atoms with Crippen molar-refractivity contribution in [2.75, 3.05) is 40.4 Å². The fourth-order valence-electron chi connectivity index (χ4n) is 1.28. The number of ether oxygens (including phenoxy) is 3. The van der Waals surface area contributed by atoms with Crippen LogP contribution < -0.4 is 0 Å². The molecular weight excluding hydrogens is 392 g/mol. The summed E-state index contributed by atoms with van der Waals surface area (Å²) >= 11 is 4.95. The number of nitrogens with zero attached hydrogens (tertiary/aromatic N) is 2. The average molecular weight is 429 g/mol. The molecule has 0 radical (unpaired) electrons. The molecule has 0 aliphatic heterocycles. The highest BCUT2D eigenvalue weighted by Gasteiger charge is 2.20. The molecule has 168 valence electrons. The normalized spacial score (nSPS) is 10.5. The maximum absolute atomic E-state index is 11.4. The minimum atomic E-state index is -0.882. The van der Waals surface area contributed by atoms with Gasteiger partial charge in [0.25, 0.3) is 0 Å². The van der Waals surface area contributed by atoms with Gasteiger partial charge in [-0.05, 0) is 41.5 Å². The van der Waals surface area contributed by atoms with Crippen molar-refractivity contribution in [2.24, 2.45) is 0 Å². The van der Waals surface area contributed by atoms with Crippen molar-refractivity contribution in [2.45, 2.75) is 60.2 Å². The molecule has 9 nitrogen and oxygen atoms in total. The van der Waals surface area contributed by atoms with Crippen LogP contribution >= 0.6 is 11.6 Å². The molecule has 1 N–H and O–H groups in total. The van der Waals surface area contributed by atoms with Gasteiger partial charge in [0.15, 0.2) is 0 Å². The third-order valence-corrected chi connectivity index (χ3v) is 2.60. The van der Waals surface area contributed by atoms with Crippen LogP contribution in [0.3, 0.4) is 0 Å². The zero-order valence-electron chi connectivity index (χ0n) is 17.5. The highest BCUT2D eigenvalue weighted by molar-refractivity contribution is 6.61. The number of aliphatic hydroxyl groups excluding tert-OH is 1. The molecule has 0 unspecified atom stereocenters. The van der Waals surface area contributed by atoms with Crippen LogP contribution in [0.4, 0.5) is 14.4 Å². The fourth-order valence-corrected chi connectivity index (χ4v) is 1.35. The second kappa shape index (κ2) is 14.3. The van der Waals surface area contributed by atoms with E-state index in [-0.39, 0.29) is 27.2 Å². The van der Waals surface area contributed by atoms with Crippen molar-refractivity contribution in [3.63, 3.8) is 0 Å². The van der Waals surface area contributed by atoms with Crippen LogP contribution in [0.25, 0.3) is 0 Å². The van der Waals surface area contributed by atoms with Crippen molar-refractivity contribution in [3.05, 3.63) is 0 Å². The lowest BCUT2D eigenvalue weighted by atomic mass is 10.2. The molecule has 0 aromatic carbocycles. The van der Waals surface area contributed by atoms with Crippen molar-refractivity contribution >= 4 is 29.2 Å². The third-order valence-electron chi connectivity index (χ3n) is 2.49. The van der Waals surface area contributed by atoms with E-state index >= 15 is 0 Å². The van der Waals surface area contributed by atoms with E-state index in [4.69, 9.17) is 26.2 Å². The number of halogens is 1. The highest BCUT2D eigenvalue weighted by Crippen LogP contribution is 2.09. The molecule has 0 aromatic heterocycles. The van der Waals surface area contributed by atoms with Gasteiger partial charge in [0.05, 0.1) is 13.2 Å². The topological polar surface area (TPSA) is 106 Å². The van der Waals surface area contributed by atoms with Gasteiger partial charge >= 0.3 is 17.6 Å². The SMILES string of the molecule is C.CN(CCO)C(=O)OC(C)(C)C.CN(CCOC(=O)Cl)C(=O)OC(C)(C)C. The Kier molecular flexibility index (Phi) is 15.8. The summed E-state index contributed by atoms with van der Waals surface area (Å²) in [5, 5.41) is 8.53. The summed E-state index contributed by atoms with van der Waals surface area (Å²) in [6.07, 6.45) is -0.871. The van der Waals surface area contributed by atoms with Gasteiger partial charge in [-0.15, -0.1) is 0 Å². The lowest BCUT2D eigenvalue weighted by Gasteiger charge is -2.24. The summed E-state index contributed by atoms with van der Waals surface area (Å²) < 4.78 is 14.6. The zero-order valence-corrected chi connectivity index (χ0v) is 18.3. The largest absolute Gasteiger partial charge is 0.452 e. The highest BCUT2D eigenvalue weighted by atomic mass is 35.5. The van der Waals surface area contributed by atoms with Crippen molar-refractivity contribution in [1.82, 2.24) is 9.80 Å². The number of hydrogen-bond donors (Lipinski definition) is 1. The Morgan fingerprint density at radius 3 is 1.50 bits per heavy atom. The minimum absolute atomic E-state index is 0. The van der Waals surface area contributed by atoms with Gasteiger partial charge in [-0.3, -0.25) is 0 Å². The molecule has 10 heteroatoms. The second-order valence-electron chi connectivity index (χ2n) is 7.61. The molecule has 2 amide bonds. The first-order chi connectivity index (χ1) is 12.1. The van der Waals surface area contributed by atoms with Crippen LogP contribution in [-0.2, 0) is 14.2 Å². The predicted molar refractivity (Wildman–Crippen MR) is 109 cm³/mol. The van der Waals surface area contributed by atoms with Gasteiger partial charge in [0, 0.05) is 32.2 Å². The van der Waals surface area contributed by atoms with E-state index in [1.54, 1.807) is 55.6 Å². The van der Waals surface area contributed by atoms with Crippen LogP contribution in [0.1, 0.15) is 49.0 Å². The van der Waals surface area contributed by atoms with Gasteiger partial charge in [-0.25, -0.2) is 14.4 Å². The van der Waals surface area contributed by atoms with Gasteiger partial charge < -0.3 is 29.1 Å². The van der Waals surface area contributed by atoms with E-state index in [2.05, 4.69) is 4.74 Å². The number of carbonyl (C=O) groups excluding carboxylic acids is 3. The van der Waals surface area contributed by atoms with E-state index in [0.29, 0.717) is 6.54 Å². The first-order valence-electron chi connectivity index (χ1n) is 8.40. The maximum atomic E-state index is 11.4. The quantitative estimate of drug-likeness (QED) is 0.525. The number of amides is 2. The molecule has 0 bridgehead atoms. The molecule has 0 atom stereocenters. The molecule has 0 saturated heterocycles. The summed E-state index contributed by atoms with van der Waals surface area (Å²) in [5.41, 5.74) is -1.89. The number of likely N-dealkylation sites (N-methyl/N-ethyl adjacent to an activating group) is 2. The molecule has 0 aromatic rings. The third kappa shape index (κ3) is 20.6. The van der Waals surface area contributed by atoms with Crippen LogP contribution in [0.2, 0.25) is 0 Å². The first kappa shape index (κ1) is 31.0. The summed E-state index contributed by atoms with van der Waals surface area (Å²) in [7, 11) is 3.14. The monoisotopic (exact) mass is 428 g/mol. The standard InChI is InChI=1S/C9H16ClNO4.C8H17NO3.CH4/c1-9(2,3)15-8(13)11(4)5-6-14-7(10)12;1-8(2,3)12-7(11)9(4)5-6-10;/h5-6H2,1-4H3;10H,5-6H2,1-4H3;1H4. The van der Waals surface area contributed by atoms with Crippen LogP contribution in [0.15, 0.2) is 0 Å². The Labute approximate surface area is 173 Å². The number of hydrogen-bond acceptors (Lipinski definition) is 7. The minimum Gasteiger partial charge on any atom is -0.452 e. The first-order valence-corrected chi connectivity index (χ1v) is 8.78. The van der Waals surface area contributed by atoms with Gasteiger partial charge in [-0.2, -0.15) is 0 Å². The number of aliphatic hydroxyl groups is 1. The molecule has 0 aliphatic carbocycles. The number of carbonyl (C=O) groups is 3. The summed E-state index contributed by atoms with van der Waals surface area (Å²) in [6, 6.07) is 0. The fraction of sp³-hybridized carbons (Fsp3) is 0.833. The molecule has 0 heterocycles. The van der Waals surface area contributed by atoms with Crippen molar-refractivity contribution in [1.29, 1.82) is 0 Å². The lowest BCUT2D eigenvalue weighted by molar-refractivity contribution is 0.0261. The Morgan fingerprint density at radius 2 is 1.21 bits per heavy atom. The molecule has 28 heavy (non-hydrogen) atoms. The summed E-state index contributed by atoms with van der Waals surface area (Å²) in [6.45, 7) is 11.3. The van der Waals surface area contributed by atoms with E-state index in [1.807, 2.05) is 0 Å². The summed E-state index contributed by atoms with van der Waals surface area (Å²) in [5.74, 6) is 0. The molecule has 0 saturated carbocycles. The molecule has 0 spiro atoms. The zero-order chi connectivity index (χ0) is 21.8. The number of rotatable bonds is 5. The Morgan fingerprint density at radius 1 is 0.857 bits per heavy atom. The maximum Gasteiger partial charge on any atom is 0.410 e. The predicted octanol–water partition coefficient (Wildman–Crippen LogP) is 3.71. The van der Waals surface area contributed by atoms with E-state index in [0.717, 1.165) is 0 Å². The Hall–Kier alpha value is -1.74. The van der Waals surface area contributed by atoms with Gasteiger partial charge in [-0.1, -0.05) is 7.43 Å².